The molecule has 1 amide bonds. The van der Waals surface area contributed by atoms with E-state index in [2.05, 4.69) is 103 Å². The Hall–Kier alpha value is -4.01. The van der Waals surface area contributed by atoms with E-state index in [9.17, 15) is 4.79 Å². The number of amides is 1. The number of thioether (sulfide) groups is 1. The fraction of sp³-hybridized carbons (Fsp3) is 0.442. The van der Waals surface area contributed by atoms with E-state index in [0.717, 1.165) is 110 Å². The van der Waals surface area contributed by atoms with Gasteiger partial charge in [-0.2, -0.15) is 0 Å². The Kier molecular flexibility index (Phi) is 14.7. The molecule has 4 aromatic rings. The first-order chi connectivity index (χ1) is 24.8. The average molecular weight is 709 g/mol. The maximum Gasteiger partial charge on any atom is 0.251 e. The summed E-state index contributed by atoms with van der Waals surface area (Å²) in [5.74, 6) is 2.17. The summed E-state index contributed by atoms with van der Waals surface area (Å²) in [6, 6.07) is 21.1. The number of nitrogens with one attached hydrogen (secondary N) is 2. The maximum absolute atomic E-state index is 13.8. The standard InChI is InChI=1S/C43H56N4O3S/c1-6-8-12-39-40(45-30-44-39)29-51-42-20-16-37(25-32(42)5)46-43(48)35-11-10-21-47(28-31(3)4)41-19-15-34(26-36(41)27-35)33-13-17-38(18-14-33)50-24-23-49-22-9-7-2/h13-20,25-27,30-31H,6-12,21-24,28-29H2,1-5H3,(H,44,45)(H,46,48). The van der Waals surface area contributed by atoms with Crippen molar-refractivity contribution in [3.05, 3.63) is 95.1 Å². The van der Waals surface area contributed by atoms with Gasteiger partial charge in [-0.05, 0) is 116 Å². The minimum absolute atomic E-state index is 0.0401. The van der Waals surface area contributed by atoms with Crippen LogP contribution in [0.15, 0.2) is 77.5 Å². The van der Waals surface area contributed by atoms with Crippen LogP contribution in [-0.4, -0.2) is 48.8 Å². The molecule has 0 bridgehead atoms. The van der Waals surface area contributed by atoms with E-state index in [-0.39, 0.29) is 5.91 Å². The zero-order valence-corrected chi connectivity index (χ0v) is 32.0. The van der Waals surface area contributed by atoms with E-state index in [4.69, 9.17) is 9.47 Å². The number of rotatable bonds is 18. The molecular formula is C43H56N4O3S. The third-order valence-corrected chi connectivity index (χ3v) is 10.4. The number of hydrogen-bond acceptors (Lipinski definition) is 6. The lowest BCUT2D eigenvalue weighted by atomic mass is 9.96. The van der Waals surface area contributed by atoms with Gasteiger partial charge in [-0.3, -0.25) is 4.79 Å². The molecule has 0 radical (unpaired) electrons. The van der Waals surface area contributed by atoms with Crippen LogP contribution in [0.2, 0.25) is 0 Å². The molecule has 3 aromatic carbocycles. The van der Waals surface area contributed by atoms with Gasteiger partial charge in [0, 0.05) is 53.0 Å². The van der Waals surface area contributed by atoms with E-state index in [1.165, 1.54) is 22.0 Å². The van der Waals surface area contributed by atoms with Gasteiger partial charge in [-0.25, -0.2) is 4.98 Å². The van der Waals surface area contributed by atoms with Crippen molar-refractivity contribution < 1.29 is 14.3 Å². The molecule has 2 heterocycles. The van der Waals surface area contributed by atoms with Crippen molar-refractivity contribution in [3.63, 3.8) is 0 Å². The highest BCUT2D eigenvalue weighted by Gasteiger charge is 2.20. The fourth-order valence-corrected chi connectivity index (χ4v) is 7.38. The second-order valence-corrected chi connectivity index (χ2v) is 14.9. The summed E-state index contributed by atoms with van der Waals surface area (Å²) < 4.78 is 11.5. The van der Waals surface area contributed by atoms with Crippen molar-refractivity contribution >= 4 is 35.1 Å². The first-order valence-electron chi connectivity index (χ1n) is 18.8. The Balaban J connectivity index is 1.29. The summed E-state index contributed by atoms with van der Waals surface area (Å²) in [5.41, 5.74) is 9.60. The third kappa shape index (κ3) is 11.2. The molecular weight excluding hydrogens is 653 g/mol. The van der Waals surface area contributed by atoms with E-state index >= 15 is 0 Å². The summed E-state index contributed by atoms with van der Waals surface area (Å²) >= 11 is 1.80. The average Bonchev–Trinajstić information content (AvgIpc) is 3.57. The van der Waals surface area contributed by atoms with Gasteiger partial charge in [0.15, 0.2) is 0 Å². The monoisotopic (exact) mass is 708 g/mol. The molecule has 8 heteroatoms. The van der Waals surface area contributed by atoms with Gasteiger partial charge < -0.3 is 24.7 Å². The Labute approximate surface area is 309 Å². The number of imidazole rings is 1. The molecule has 0 atom stereocenters. The van der Waals surface area contributed by atoms with Gasteiger partial charge in [0.05, 0.1) is 18.6 Å². The van der Waals surface area contributed by atoms with E-state index in [1.807, 2.05) is 18.2 Å². The van der Waals surface area contributed by atoms with Crippen LogP contribution in [0.1, 0.15) is 88.7 Å². The molecule has 0 aliphatic carbocycles. The van der Waals surface area contributed by atoms with Crippen LogP contribution < -0.4 is 15.0 Å². The molecule has 0 unspecified atom stereocenters. The molecule has 1 aromatic heterocycles. The van der Waals surface area contributed by atoms with E-state index < -0.39 is 0 Å². The van der Waals surface area contributed by atoms with Gasteiger partial charge in [0.25, 0.3) is 5.91 Å². The predicted octanol–water partition coefficient (Wildman–Crippen LogP) is 10.5. The van der Waals surface area contributed by atoms with Gasteiger partial charge in [0.2, 0.25) is 0 Å². The number of carbonyl (C=O) groups excluding carboxylic acids is 1. The van der Waals surface area contributed by atoms with Crippen LogP contribution in [0.5, 0.6) is 5.75 Å². The van der Waals surface area contributed by atoms with Crippen molar-refractivity contribution in [1.82, 2.24) is 9.97 Å². The first kappa shape index (κ1) is 38.2. The summed E-state index contributed by atoms with van der Waals surface area (Å²) in [6.45, 7) is 14.8. The quantitative estimate of drug-likeness (QED) is 0.0791. The number of ether oxygens (including phenoxy) is 2. The van der Waals surface area contributed by atoms with Crippen molar-refractivity contribution in [1.29, 1.82) is 0 Å². The lowest BCUT2D eigenvalue weighted by Gasteiger charge is -2.30. The molecule has 272 valence electrons. The number of unbranched alkanes of at least 4 members (excludes halogenated alkanes) is 2. The lowest BCUT2D eigenvalue weighted by Crippen LogP contribution is -2.30. The van der Waals surface area contributed by atoms with Crippen LogP contribution in [-0.2, 0) is 21.7 Å². The molecule has 0 fully saturated rings. The number of carbonyl (C=O) groups is 1. The van der Waals surface area contributed by atoms with E-state index in [1.54, 1.807) is 18.1 Å². The highest BCUT2D eigenvalue weighted by molar-refractivity contribution is 7.98. The zero-order valence-electron chi connectivity index (χ0n) is 31.2. The van der Waals surface area contributed by atoms with Crippen LogP contribution in [0.4, 0.5) is 11.4 Å². The Bertz CT molecular complexity index is 1730. The fourth-order valence-electron chi connectivity index (χ4n) is 6.38. The summed E-state index contributed by atoms with van der Waals surface area (Å²) in [6.07, 6.45) is 11.1. The number of fused-ring (bicyclic) bond motifs is 1. The highest BCUT2D eigenvalue weighted by atomic mass is 32.2. The molecule has 0 spiro atoms. The molecule has 51 heavy (non-hydrogen) atoms. The number of anilines is 2. The second-order valence-electron chi connectivity index (χ2n) is 13.9. The Morgan fingerprint density at radius 3 is 2.55 bits per heavy atom. The molecule has 1 aliphatic rings. The normalized spacial score (nSPS) is 13.1. The number of aromatic nitrogens is 2. The maximum atomic E-state index is 13.8. The van der Waals surface area contributed by atoms with Crippen molar-refractivity contribution in [2.24, 2.45) is 5.92 Å². The van der Waals surface area contributed by atoms with E-state index in [0.29, 0.717) is 19.1 Å². The summed E-state index contributed by atoms with van der Waals surface area (Å²) in [5, 5.41) is 3.22. The summed E-state index contributed by atoms with van der Waals surface area (Å²) in [4.78, 5) is 25.4. The molecule has 2 N–H and O–H groups in total. The minimum atomic E-state index is -0.0401. The smallest absolute Gasteiger partial charge is 0.251 e. The van der Waals surface area contributed by atoms with Crippen LogP contribution in [0.3, 0.4) is 0 Å². The van der Waals surface area contributed by atoms with Crippen molar-refractivity contribution in [3.8, 4) is 16.9 Å². The number of benzene rings is 3. The first-order valence-corrected chi connectivity index (χ1v) is 19.8. The molecule has 5 rings (SSSR count). The van der Waals surface area contributed by atoms with Crippen molar-refractivity contribution in [2.75, 3.05) is 43.1 Å². The Morgan fingerprint density at radius 2 is 1.78 bits per heavy atom. The van der Waals surface area contributed by atoms with Gasteiger partial charge in [0.1, 0.15) is 12.4 Å². The second kappa shape index (κ2) is 19.6. The van der Waals surface area contributed by atoms with Gasteiger partial charge >= 0.3 is 0 Å². The molecule has 0 saturated carbocycles. The highest BCUT2D eigenvalue weighted by Crippen LogP contribution is 2.34. The third-order valence-electron chi connectivity index (χ3n) is 9.16. The Morgan fingerprint density at radius 1 is 0.980 bits per heavy atom. The van der Waals surface area contributed by atoms with Crippen LogP contribution in [0.25, 0.3) is 17.2 Å². The number of hydrogen-bond donors (Lipinski definition) is 2. The molecule has 0 saturated heterocycles. The lowest BCUT2D eigenvalue weighted by molar-refractivity contribution is -0.112. The predicted molar refractivity (Wildman–Crippen MR) is 214 cm³/mol. The van der Waals surface area contributed by atoms with Crippen molar-refractivity contribution in [2.45, 2.75) is 90.2 Å². The van der Waals surface area contributed by atoms with Crippen LogP contribution in [0, 0.1) is 12.8 Å². The topological polar surface area (TPSA) is 79.5 Å². The van der Waals surface area contributed by atoms with Gasteiger partial charge in [-0.15, -0.1) is 11.8 Å². The van der Waals surface area contributed by atoms with Crippen LogP contribution >= 0.6 is 11.8 Å². The number of nitrogens with zero attached hydrogens (tertiary/aromatic N) is 2. The molecule has 7 nitrogen and oxygen atoms in total. The molecule has 1 aliphatic heterocycles. The number of H-pyrrole nitrogens is 1. The number of aromatic amines is 1. The summed E-state index contributed by atoms with van der Waals surface area (Å²) in [7, 11) is 0. The minimum Gasteiger partial charge on any atom is -0.491 e. The zero-order chi connectivity index (χ0) is 36.0. The number of aryl methyl sites for hydroxylation is 2. The van der Waals surface area contributed by atoms with Gasteiger partial charge in [-0.1, -0.05) is 58.7 Å². The SMILES string of the molecule is CCCCOCCOc1ccc(-c2ccc3c(c2)C=C(C(=O)Nc2ccc(SCc4[nH]cnc4CCCC)c(C)c2)CCCN3CC(C)C)cc1. The largest absolute Gasteiger partial charge is 0.491 e.